The van der Waals surface area contributed by atoms with Crippen LogP contribution in [0.5, 0.6) is 0 Å². The fourth-order valence-corrected chi connectivity index (χ4v) is 1.92. The molecule has 2 rings (SSSR count). The molecule has 0 spiro atoms. The fraction of sp³-hybridized carbons (Fsp3) is 0.231. The molecule has 1 aromatic carbocycles. The van der Waals surface area contributed by atoms with Gasteiger partial charge in [0.05, 0.1) is 11.3 Å². The van der Waals surface area contributed by atoms with Crippen molar-refractivity contribution in [1.29, 1.82) is 0 Å². The predicted octanol–water partition coefficient (Wildman–Crippen LogP) is 3.72. The number of Topliss-reactive ketones (excluding diaryl/α,β-unsaturated/α-hetero) is 1. The maximum Gasteiger partial charge on any atom is 0.167 e. The molecule has 0 atom stereocenters. The van der Waals surface area contributed by atoms with E-state index in [0.29, 0.717) is 18.4 Å². The van der Waals surface area contributed by atoms with Gasteiger partial charge in [0, 0.05) is 23.5 Å². The lowest BCUT2D eigenvalue weighted by Crippen LogP contribution is -2.12. The monoisotopic (exact) mass is 293 g/mol. The number of hydrogen-bond donors (Lipinski definition) is 1. The van der Waals surface area contributed by atoms with Crippen LogP contribution in [0.3, 0.4) is 0 Å². The second-order valence-electron chi connectivity index (χ2n) is 3.87. The molecule has 1 N–H and O–H groups in total. The predicted molar refractivity (Wildman–Crippen MR) is 70.8 cm³/mol. The quantitative estimate of drug-likeness (QED) is 0.845. The SMILES string of the molecule is O=C1CCCC(O)=C1C=Nc1ccc(Br)cc1. The minimum Gasteiger partial charge on any atom is -0.512 e. The van der Waals surface area contributed by atoms with Crippen LogP contribution in [-0.2, 0) is 4.79 Å². The molecule has 0 unspecified atom stereocenters. The topological polar surface area (TPSA) is 49.7 Å². The molecule has 3 nitrogen and oxygen atoms in total. The Balaban J connectivity index is 2.20. The summed E-state index contributed by atoms with van der Waals surface area (Å²) in [4.78, 5) is 15.8. The van der Waals surface area contributed by atoms with Crippen LogP contribution < -0.4 is 0 Å². The molecule has 0 heterocycles. The number of halogens is 1. The number of aliphatic imine (C=N–C) groups is 1. The van der Waals surface area contributed by atoms with Crippen molar-refractivity contribution < 1.29 is 9.90 Å². The summed E-state index contributed by atoms with van der Waals surface area (Å²) in [5.41, 5.74) is 1.10. The molecular formula is C13H12BrNO2. The van der Waals surface area contributed by atoms with Crippen molar-refractivity contribution in [2.45, 2.75) is 19.3 Å². The van der Waals surface area contributed by atoms with Gasteiger partial charge in [-0.3, -0.25) is 9.79 Å². The van der Waals surface area contributed by atoms with Crippen molar-refractivity contribution in [3.05, 3.63) is 40.1 Å². The zero-order valence-electron chi connectivity index (χ0n) is 9.19. The first-order valence-electron chi connectivity index (χ1n) is 5.42. The van der Waals surface area contributed by atoms with Crippen molar-refractivity contribution in [2.24, 2.45) is 4.99 Å². The van der Waals surface area contributed by atoms with Crippen LogP contribution in [0.25, 0.3) is 0 Å². The lowest BCUT2D eigenvalue weighted by atomic mass is 9.97. The van der Waals surface area contributed by atoms with E-state index >= 15 is 0 Å². The number of benzene rings is 1. The first-order chi connectivity index (χ1) is 8.16. The number of ketones is 1. The van der Waals surface area contributed by atoms with Gasteiger partial charge in [-0.2, -0.15) is 0 Å². The Kier molecular flexibility index (Phi) is 3.74. The van der Waals surface area contributed by atoms with Crippen molar-refractivity contribution in [1.82, 2.24) is 0 Å². The van der Waals surface area contributed by atoms with E-state index in [2.05, 4.69) is 20.9 Å². The molecule has 0 radical (unpaired) electrons. The maximum absolute atomic E-state index is 11.6. The van der Waals surface area contributed by atoms with Crippen molar-refractivity contribution in [3.8, 4) is 0 Å². The highest BCUT2D eigenvalue weighted by molar-refractivity contribution is 9.10. The van der Waals surface area contributed by atoms with Gasteiger partial charge in [0.1, 0.15) is 5.76 Å². The van der Waals surface area contributed by atoms with Gasteiger partial charge >= 0.3 is 0 Å². The molecule has 1 aromatic rings. The van der Waals surface area contributed by atoms with Gasteiger partial charge in [-0.05, 0) is 30.7 Å². The van der Waals surface area contributed by atoms with Crippen LogP contribution >= 0.6 is 15.9 Å². The molecule has 0 aliphatic heterocycles. The van der Waals surface area contributed by atoms with E-state index in [1.165, 1.54) is 6.21 Å². The summed E-state index contributed by atoms with van der Waals surface area (Å²) in [5.74, 6) is 0.122. The third-order valence-corrected chi connectivity index (χ3v) is 3.13. The Morgan fingerprint density at radius 1 is 1.24 bits per heavy atom. The van der Waals surface area contributed by atoms with E-state index < -0.39 is 0 Å². The van der Waals surface area contributed by atoms with Crippen LogP contribution in [0.1, 0.15) is 19.3 Å². The van der Waals surface area contributed by atoms with Crippen LogP contribution in [-0.4, -0.2) is 17.1 Å². The van der Waals surface area contributed by atoms with E-state index in [0.717, 1.165) is 16.6 Å². The highest BCUT2D eigenvalue weighted by atomic mass is 79.9. The van der Waals surface area contributed by atoms with Gasteiger partial charge in [-0.25, -0.2) is 0 Å². The minimum absolute atomic E-state index is 0.0328. The fourth-order valence-electron chi connectivity index (χ4n) is 1.66. The zero-order valence-corrected chi connectivity index (χ0v) is 10.8. The first kappa shape index (κ1) is 12.0. The van der Waals surface area contributed by atoms with Gasteiger partial charge in [-0.15, -0.1) is 0 Å². The Labute approximate surface area is 108 Å². The second kappa shape index (κ2) is 5.27. The van der Waals surface area contributed by atoms with E-state index in [1.54, 1.807) is 0 Å². The van der Waals surface area contributed by atoms with Crippen LogP contribution in [0, 0.1) is 0 Å². The van der Waals surface area contributed by atoms with Crippen LogP contribution in [0.4, 0.5) is 5.69 Å². The third kappa shape index (κ3) is 3.03. The van der Waals surface area contributed by atoms with Crippen molar-refractivity contribution in [3.63, 3.8) is 0 Å². The molecular weight excluding hydrogens is 282 g/mol. The normalized spacial score (nSPS) is 16.9. The lowest BCUT2D eigenvalue weighted by Gasteiger charge is -2.11. The third-order valence-electron chi connectivity index (χ3n) is 2.60. The molecule has 1 aliphatic rings. The highest BCUT2D eigenvalue weighted by Gasteiger charge is 2.18. The number of aliphatic hydroxyl groups is 1. The molecule has 0 amide bonds. The number of aliphatic hydroxyl groups excluding tert-OH is 1. The number of hydrogen-bond acceptors (Lipinski definition) is 3. The first-order valence-corrected chi connectivity index (χ1v) is 6.21. The average molecular weight is 294 g/mol. The number of carbonyl (C=O) groups is 1. The van der Waals surface area contributed by atoms with E-state index in [-0.39, 0.29) is 11.5 Å². The smallest absolute Gasteiger partial charge is 0.167 e. The van der Waals surface area contributed by atoms with Crippen LogP contribution in [0.15, 0.2) is 45.1 Å². The highest BCUT2D eigenvalue weighted by Crippen LogP contribution is 2.21. The Morgan fingerprint density at radius 2 is 1.94 bits per heavy atom. The largest absolute Gasteiger partial charge is 0.512 e. The number of allylic oxidation sites excluding steroid dienone is 2. The zero-order chi connectivity index (χ0) is 12.3. The molecule has 17 heavy (non-hydrogen) atoms. The van der Waals surface area contributed by atoms with Crippen LogP contribution in [0.2, 0.25) is 0 Å². The van der Waals surface area contributed by atoms with Crippen molar-refractivity contribution in [2.75, 3.05) is 0 Å². The molecule has 0 saturated heterocycles. The molecule has 0 bridgehead atoms. The van der Waals surface area contributed by atoms with Crippen molar-refractivity contribution >= 4 is 33.6 Å². The van der Waals surface area contributed by atoms with E-state index in [1.807, 2.05) is 24.3 Å². The van der Waals surface area contributed by atoms with Gasteiger partial charge in [-0.1, -0.05) is 15.9 Å². The summed E-state index contributed by atoms with van der Waals surface area (Å²) in [7, 11) is 0. The summed E-state index contributed by atoms with van der Waals surface area (Å²) < 4.78 is 0.979. The second-order valence-corrected chi connectivity index (χ2v) is 4.79. The van der Waals surface area contributed by atoms with Gasteiger partial charge in [0.25, 0.3) is 0 Å². The maximum atomic E-state index is 11.6. The summed E-state index contributed by atoms with van der Waals surface area (Å²) in [6.07, 6.45) is 3.24. The van der Waals surface area contributed by atoms with E-state index in [4.69, 9.17) is 0 Å². The Morgan fingerprint density at radius 3 is 2.59 bits per heavy atom. The van der Waals surface area contributed by atoms with Gasteiger partial charge < -0.3 is 5.11 Å². The Hall–Kier alpha value is -1.42. The lowest BCUT2D eigenvalue weighted by molar-refractivity contribution is -0.115. The molecule has 0 saturated carbocycles. The van der Waals surface area contributed by atoms with Gasteiger partial charge in [0.2, 0.25) is 0 Å². The Bertz CT molecular complexity index is 489. The molecule has 0 fully saturated rings. The molecule has 0 aromatic heterocycles. The number of nitrogens with zero attached hydrogens (tertiary/aromatic N) is 1. The summed E-state index contributed by atoms with van der Waals surface area (Å²) in [5, 5.41) is 9.62. The summed E-state index contributed by atoms with van der Waals surface area (Å²) in [6.45, 7) is 0. The number of carbonyl (C=O) groups excluding carboxylic acids is 1. The summed E-state index contributed by atoms with van der Waals surface area (Å²) in [6, 6.07) is 7.43. The van der Waals surface area contributed by atoms with Gasteiger partial charge in [0.15, 0.2) is 5.78 Å². The molecule has 88 valence electrons. The molecule has 4 heteroatoms. The summed E-state index contributed by atoms with van der Waals surface area (Å²) >= 11 is 3.34. The average Bonchev–Trinajstić information content (AvgIpc) is 2.31. The van der Waals surface area contributed by atoms with E-state index in [9.17, 15) is 9.90 Å². The molecule has 1 aliphatic carbocycles. The number of rotatable bonds is 2. The standard InChI is InChI=1S/C13H12BrNO2/c14-9-4-6-10(7-5-9)15-8-11-12(16)2-1-3-13(11)17/h4-8,16H,1-3H2. The minimum atomic E-state index is -0.0328.